The quantitative estimate of drug-likeness (QED) is 0.722. The molecule has 2 saturated heterocycles. The Hall–Kier alpha value is -0.160. The molecular formula is C12H24N2O2. The van der Waals surface area contributed by atoms with Gasteiger partial charge in [-0.3, -0.25) is 0 Å². The second kappa shape index (κ2) is 5.96. The molecule has 0 aromatic rings. The number of hydrogen-bond acceptors (Lipinski definition) is 4. The number of rotatable bonds is 4. The maximum absolute atomic E-state index is 9.66. The summed E-state index contributed by atoms with van der Waals surface area (Å²) in [6, 6.07) is 0.720. The predicted molar refractivity (Wildman–Crippen MR) is 63.5 cm³/mol. The Balaban J connectivity index is 1.68. The Kier molecular flexibility index (Phi) is 4.58. The molecule has 0 amide bonds. The molecule has 2 fully saturated rings. The fraction of sp³-hybridized carbons (Fsp3) is 1.00. The molecule has 0 bridgehead atoms. The van der Waals surface area contributed by atoms with Crippen molar-refractivity contribution in [2.45, 2.75) is 44.4 Å². The lowest BCUT2D eigenvalue weighted by Gasteiger charge is -2.33. The van der Waals surface area contributed by atoms with Gasteiger partial charge in [-0.2, -0.15) is 0 Å². The van der Waals surface area contributed by atoms with Crippen LogP contribution < -0.4 is 5.32 Å². The highest BCUT2D eigenvalue weighted by atomic mass is 16.5. The van der Waals surface area contributed by atoms with E-state index in [1.807, 2.05) is 0 Å². The molecule has 2 unspecified atom stereocenters. The molecule has 16 heavy (non-hydrogen) atoms. The first kappa shape index (κ1) is 12.3. The van der Waals surface area contributed by atoms with E-state index in [-0.39, 0.29) is 12.1 Å². The Bertz CT molecular complexity index is 205. The van der Waals surface area contributed by atoms with Gasteiger partial charge in [0, 0.05) is 6.04 Å². The zero-order valence-corrected chi connectivity index (χ0v) is 10.2. The number of ether oxygens (including phenoxy) is 1. The van der Waals surface area contributed by atoms with Gasteiger partial charge in [-0.25, -0.2) is 0 Å². The molecule has 2 heterocycles. The lowest BCUT2D eigenvalue weighted by atomic mass is 10.0. The van der Waals surface area contributed by atoms with Crippen LogP contribution in [-0.4, -0.2) is 61.0 Å². The summed E-state index contributed by atoms with van der Waals surface area (Å²) in [5, 5.41) is 13.2. The van der Waals surface area contributed by atoms with Crippen molar-refractivity contribution in [3.8, 4) is 0 Å². The van der Waals surface area contributed by atoms with Crippen LogP contribution in [0, 0.1) is 0 Å². The zero-order valence-electron chi connectivity index (χ0n) is 10.2. The van der Waals surface area contributed by atoms with Crippen molar-refractivity contribution in [3.63, 3.8) is 0 Å². The van der Waals surface area contributed by atoms with Crippen LogP contribution in [0.4, 0.5) is 0 Å². The molecule has 2 aliphatic heterocycles. The molecule has 2 aliphatic rings. The van der Waals surface area contributed by atoms with Gasteiger partial charge in [0.1, 0.15) is 0 Å². The molecule has 2 atom stereocenters. The summed E-state index contributed by atoms with van der Waals surface area (Å²) in [4.78, 5) is 2.53. The maximum atomic E-state index is 9.66. The molecule has 0 aromatic heterocycles. The summed E-state index contributed by atoms with van der Waals surface area (Å²) in [5.74, 6) is 0. The number of aliphatic hydroxyl groups excluding tert-OH is 1. The summed E-state index contributed by atoms with van der Waals surface area (Å²) in [6.45, 7) is 6.99. The third-order valence-corrected chi connectivity index (χ3v) is 3.63. The van der Waals surface area contributed by atoms with Crippen LogP contribution in [0.5, 0.6) is 0 Å². The lowest BCUT2D eigenvalue weighted by Crippen LogP contribution is -2.49. The van der Waals surface area contributed by atoms with Crippen LogP contribution in [-0.2, 0) is 4.74 Å². The molecule has 0 aromatic carbocycles. The van der Waals surface area contributed by atoms with E-state index in [4.69, 9.17) is 4.74 Å². The number of piperidine rings is 1. The molecule has 4 nitrogen and oxygen atoms in total. The van der Waals surface area contributed by atoms with Gasteiger partial charge in [0.25, 0.3) is 0 Å². The summed E-state index contributed by atoms with van der Waals surface area (Å²) in [7, 11) is 0. The molecule has 0 radical (unpaired) electrons. The summed E-state index contributed by atoms with van der Waals surface area (Å²) in [6.07, 6.45) is 3.33. The van der Waals surface area contributed by atoms with Crippen molar-refractivity contribution in [1.82, 2.24) is 10.2 Å². The number of nitrogens with one attached hydrogen (secondary N) is 1. The van der Waals surface area contributed by atoms with Crippen LogP contribution in [0.1, 0.15) is 26.2 Å². The number of likely N-dealkylation sites (tertiary alicyclic amines) is 1. The lowest BCUT2D eigenvalue weighted by molar-refractivity contribution is 0.117. The first-order valence-electron chi connectivity index (χ1n) is 6.54. The monoisotopic (exact) mass is 228 g/mol. The van der Waals surface area contributed by atoms with E-state index in [9.17, 15) is 5.11 Å². The van der Waals surface area contributed by atoms with E-state index in [1.54, 1.807) is 0 Å². The van der Waals surface area contributed by atoms with Gasteiger partial charge in [0.05, 0.1) is 25.4 Å². The third kappa shape index (κ3) is 3.17. The number of hydrogen-bond donors (Lipinski definition) is 2. The topological polar surface area (TPSA) is 44.7 Å². The van der Waals surface area contributed by atoms with E-state index in [2.05, 4.69) is 17.1 Å². The molecule has 0 aliphatic carbocycles. The van der Waals surface area contributed by atoms with Crippen molar-refractivity contribution in [1.29, 1.82) is 0 Å². The Labute approximate surface area is 98.0 Å². The van der Waals surface area contributed by atoms with Crippen molar-refractivity contribution in [2.24, 2.45) is 0 Å². The number of aliphatic hydroxyl groups is 1. The minimum atomic E-state index is -0.311. The van der Waals surface area contributed by atoms with Gasteiger partial charge in [0.2, 0.25) is 0 Å². The molecule has 0 spiro atoms. The van der Waals surface area contributed by atoms with Crippen molar-refractivity contribution < 1.29 is 9.84 Å². The average molecular weight is 228 g/mol. The molecule has 0 saturated carbocycles. The van der Waals surface area contributed by atoms with E-state index >= 15 is 0 Å². The minimum absolute atomic E-state index is 0.155. The Morgan fingerprint density at radius 2 is 2.06 bits per heavy atom. The Morgan fingerprint density at radius 1 is 1.31 bits per heavy atom. The maximum Gasteiger partial charge on any atom is 0.0948 e. The van der Waals surface area contributed by atoms with E-state index in [0.717, 1.165) is 0 Å². The largest absolute Gasteiger partial charge is 0.389 e. The summed E-state index contributed by atoms with van der Waals surface area (Å²) < 4.78 is 5.25. The third-order valence-electron chi connectivity index (χ3n) is 3.63. The van der Waals surface area contributed by atoms with Crippen LogP contribution in [0.15, 0.2) is 0 Å². The van der Waals surface area contributed by atoms with Crippen molar-refractivity contribution in [3.05, 3.63) is 0 Å². The highest BCUT2D eigenvalue weighted by Gasteiger charge is 2.29. The highest BCUT2D eigenvalue weighted by Crippen LogP contribution is 2.14. The van der Waals surface area contributed by atoms with Crippen LogP contribution in [0.3, 0.4) is 0 Å². The van der Waals surface area contributed by atoms with Gasteiger partial charge < -0.3 is 20.1 Å². The normalized spacial score (nSPS) is 33.4. The fourth-order valence-electron chi connectivity index (χ4n) is 2.64. The van der Waals surface area contributed by atoms with Crippen molar-refractivity contribution in [2.75, 3.05) is 32.8 Å². The molecule has 4 heteroatoms. The fourth-order valence-corrected chi connectivity index (χ4v) is 2.64. The number of nitrogens with zero attached hydrogens (tertiary/aromatic N) is 1. The molecular weight excluding hydrogens is 204 g/mol. The predicted octanol–water partition coefficient (Wildman–Crippen LogP) is 0.210. The van der Waals surface area contributed by atoms with E-state index in [1.165, 1.54) is 38.9 Å². The second-order valence-corrected chi connectivity index (χ2v) is 4.99. The van der Waals surface area contributed by atoms with Gasteiger partial charge in [-0.15, -0.1) is 0 Å². The smallest absolute Gasteiger partial charge is 0.0948 e. The molecule has 2 rings (SSSR count). The highest BCUT2D eigenvalue weighted by molar-refractivity contribution is 4.86. The zero-order chi connectivity index (χ0) is 11.4. The molecule has 2 N–H and O–H groups in total. The first-order valence-corrected chi connectivity index (χ1v) is 6.54. The van der Waals surface area contributed by atoms with Crippen LogP contribution in [0.25, 0.3) is 0 Å². The molecule has 94 valence electrons. The van der Waals surface area contributed by atoms with Crippen LogP contribution in [0.2, 0.25) is 0 Å². The second-order valence-electron chi connectivity index (χ2n) is 4.99. The van der Waals surface area contributed by atoms with Gasteiger partial charge in [0.15, 0.2) is 0 Å². The minimum Gasteiger partial charge on any atom is -0.389 e. The van der Waals surface area contributed by atoms with Gasteiger partial charge in [-0.1, -0.05) is 6.92 Å². The SMILES string of the molecule is CCCN1CCC(NC2COCC2O)CC1. The van der Waals surface area contributed by atoms with Crippen LogP contribution >= 0.6 is 0 Å². The average Bonchev–Trinajstić information content (AvgIpc) is 2.68. The first-order chi connectivity index (χ1) is 7.79. The Morgan fingerprint density at radius 3 is 2.62 bits per heavy atom. The van der Waals surface area contributed by atoms with Gasteiger partial charge >= 0.3 is 0 Å². The van der Waals surface area contributed by atoms with Crippen molar-refractivity contribution >= 4 is 0 Å². The summed E-state index contributed by atoms with van der Waals surface area (Å²) in [5.41, 5.74) is 0. The standard InChI is InChI=1S/C12H24N2O2/c1-2-5-14-6-3-10(4-7-14)13-11-8-16-9-12(11)15/h10-13,15H,2-9H2,1H3. The van der Waals surface area contributed by atoms with Gasteiger partial charge in [-0.05, 0) is 38.9 Å². The van der Waals surface area contributed by atoms with E-state index < -0.39 is 0 Å². The van der Waals surface area contributed by atoms with E-state index in [0.29, 0.717) is 19.3 Å². The summed E-state index contributed by atoms with van der Waals surface area (Å²) >= 11 is 0.